The number of aromatic nitrogens is 1. The Morgan fingerprint density at radius 2 is 1.73 bits per heavy atom. The molecule has 13 nitrogen and oxygen atoms in total. The quantitative estimate of drug-likeness (QED) is 0.113. The molecule has 1 spiro atoms. The van der Waals surface area contributed by atoms with Gasteiger partial charge in [-0.15, -0.1) is 0 Å². The van der Waals surface area contributed by atoms with Crippen molar-refractivity contribution in [2.24, 2.45) is 11.3 Å². The predicted octanol–water partition coefficient (Wildman–Crippen LogP) is 5.72. The Balaban J connectivity index is 1.28. The van der Waals surface area contributed by atoms with Crippen LogP contribution in [0.25, 0.3) is 22.0 Å². The van der Waals surface area contributed by atoms with Gasteiger partial charge >= 0.3 is 17.9 Å². The van der Waals surface area contributed by atoms with Crippen molar-refractivity contribution in [3.63, 3.8) is 0 Å². The second-order valence-electron chi connectivity index (χ2n) is 19.4. The number of nitrogens with zero attached hydrogens (tertiary/aromatic N) is 3. The van der Waals surface area contributed by atoms with Gasteiger partial charge in [-0.3, -0.25) is 19.4 Å². The van der Waals surface area contributed by atoms with Crippen LogP contribution < -0.4 is 9.64 Å². The van der Waals surface area contributed by atoms with Gasteiger partial charge in [0.2, 0.25) is 5.60 Å². The van der Waals surface area contributed by atoms with Crippen LogP contribution in [0.15, 0.2) is 59.3 Å². The average Bonchev–Trinajstić information content (AvgIpc) is 4.10. The van der Waals surface area contributed by atoms with Gasteiger partial charge in [0.1, 0.15) is 11.2 Å². The highest BCUT2D eigenvalue weighted by Gasteiger charge is 2.80. The normalized spacial score (nSPS) is 35.0. The number of methoxy groups -OCH3 is 3. The van der Waals surface area contributed by atoms with E-state index in [0.717, 1.165) is 44.5 Å². The zero-order valence-electron chi connectivity index (χ0n) is 37.9. The summed E-state index contributed by atoms with van der Waals surface area (Å²) in [6, 6.07) is 11.4. The summed E-state index contributed by atoms with van der Waals surface area (Å²) in [5, 5.41) is 30.8. The topological polar surface area (TPSA) is 154 Å². The van der Waals surface area contributed by atoms with E-state index in [-0.39, 0.29) is 12.0 Å². The standard InChI is InChI=1S/C50H60N4O9S/c1-8-46(58)24-30-25-49(44(56)61-6,40-33(13-18-53(26-30)28-46)34-21-31(11-12-37(34)51-40)32-14-20-64-27-32)36-22-35-38(23-39(36)60-5)52(4)42-48(35)16-19-54-17-10-15-47(9-2,41(48)54)43(63-29(3)55)50(42,59)45(57)62-7/h10-12,14-15,20-23,27,30,41-43,51,58-59H,8-9,13,16-19,24-26,28H2,1-7H3/t30-,41+,42?,43-,46+,47-,48-,49+,50+/m1/s1. The number of thiophene rings is 1. The Labute approximate surface area is 378 Å². The van der Waals surface area contributed by atoms with E-state index in [9.17, 15) is 19.8 Å². The number of anilines is 1. The number of hydrogen-bond donors (Lipinski definition) is 3. The Bertz CT molecular complexity index is 2580. The molecule has 10 atom stereocenters. The van der Waals surface area contributed by atoms with E-state index in [2.05, 4.69) is 68.0 Å². The summed E-state index contributed by atoms with van der Waals surface area (Å²) in [5.74, 6) is -1.60. The number of fused-ring (bicyclic) bond motifs is 6. The molecule has 6 aliphatic rings. The van der Waals surface area contributed by atoms with Crippen LogP contribution in [0, 0.1) is 11.3 Å². The van der Waals surface area contributed by atoms with Gasteiger partial charge in [-0.25, -0.2) is 4.79 Å². The van der Waals surface area contributed by atoms with Gasteiger partial charge in [0.05, 0.1) is 33.0 Å². The molecule has 7 heterocycles. The lowest BCUT2D eigenvalue weighted by molar-refractivity contribution is -0.228. The molecule has 1 saturated carbocycles. The van der Waals surface area contributed by atoms with Crippen LogP contribution in [0.3, 0.4) is 0 Å². The van der Waals surface area contributed by atoms with Gasteiger partial charge in [-0.2, -0.15) is 11.3 Å². The minimum absolute atomic E-state index is 0.121. The number of likely N-dealkylation sites (N-methyl/N-ethyl adjacent to an activating group) is 1. The van der Waals surface area contributed by atoms with Gasteiger partial charge in [0, 0.05) is 90.9 Å². The van der Waals surface area contributed by atoms with Gasteiger partial charge in [0.25, 0.3) is 0 Å². The molecule has 2 aromatic carbocycles. The summed E-state index contributed by atoms with van der Waals surface area (Å²) >= 11 is 1.65. The molecule has 4 aromatic rings. The minimum Gasteiger partial charge on any atom is -0.496 e. The molecule has 2 saturated heterocycles. The third-order valence-electron chi connectivity index (χ3n) is 16.5. The second kappa shape index (κ2) is 15.2. The lowest BCUT2D eigenvalue weighted by atomic mass is 9.47. The van der Waals surface area contributed by atoms with Crippen LogP contribution in [-0.2, 0) is 45.8 Å². The number of hydrogen-bond acceptors (Lipinski definition) is 13. The smallest absolute Gasteiger partial charge is 0.344 e. The van der Waals surface area contributed by atoms with Gasteiger partial charge in [-0.05, 0) is 108 Å². The largest absolute Gasteiger partial charge is 0.496 e. The summed E-state index contributed by atoms with van der Waals surface area (Å²) in [6.07, 6.45) is 5.86. The Morgan fingerprint density at radius 1 is 0.938 bits per heavy atom. The molecule has 3 N–H and O–H groups in total. The Hall–Kier alpha value is -4.73. The predicted molar refractivity (Wildman–Crippen MR) is 244 cm³/mol. The summed E-state index contributed by atoms with van der Waals surface area (Å²) in [7, 11) is 6.18. The van der Waals surface area contributed by atoms with E-state index < -0.39 is 57.5 Å². The SMILES string of the molecule is CC[C@]1(O)C[C@H]2CN(CCc3c([nH]c4ccc(-c5ccsc5)cc34)[C@@](C(=O)OC)(c3cc4c(cc3OC)N(C)C3[C@]45CCN4CC=C[C@@](CC)([C@@H](OC(C)=O)[C@]3(O)C(=O)OC)[C@H]45)C2)C1. The molecule has 2 aromatic heterocycles. The summed E-state index contributed by atoms with van der Waals surface area (Å²) in [5.41, 5.74) is 0.431. The lowest BCUT2D eigenvalue weighted by Crippen LogP contribution is -2.81. The average molecular weight is 893 g/mol. The van der Waals surface area contributed by atoms with Crippen molar-refractivity contribution in [1.82, 2.24) is 14.8 Å². The van der Waals surface area contributed by atoms with Crippen LogP contribution in [-0.4, -0.2) is 133 Å². The van der Waals surface area contributed by atoms with Crippen molar-refractivity contribution < 1.29 is 43.5 Å². The number of piperidine rings is 1. The van der Waals surface area contributed by atoms with Crippen molar-refractivity contribution in [2.75, 3.05) is 66.0 Å². The number of aromatic amines is 1. The summed E-state index contributed by atoms with van der Waals surface area (Å²) in [4.78, 5) is 53.7. The van der Waals surface area contributed by atoms with Gasteiger partial charge in [-0.1, -0.05) is 32.1 Å². The van der Waals surface area contributed by atoms with Crippen LogP contribution >= 0.6 is 11.3 Å². The second-order valence-corrected chi connectivity index (χ2v) is 20.2. The first-order chi connectivity index (χ1) is 30.7. The molecular weight excluding hydrogens is 833 g/mol. The van der Waals surface area contributed by atoms with Crippen LogP contribution in [0.2, 0.25) is 0 Å². The van der Waals surface area contributed by atoms with Crippen molar-refractivity contribution in [3.05, 3.63) is 81.7 Å². The number of carbonyl (C=O) groups excluding carboxylic acids is 3. The zero-order chi connectivity index (χ0) is 45.1. The van der Waals surface area contributed by atoms with Crippen LogP contribution in [0.1, 0.15) is 75.3 Å². The fourth-order valence-corrected chi connectivity index (χ4v) is 14.8. The molecule has 0 amide bonds. The van der Waals surface area contributed by atoms with Crippen molar-refractivity contribution in [3.8, 4) is 16.9 Å². The molecule has 340 valence electrons. The van der Waals surface area contributed by atoms with Crippen molar-refractivity contribution in [1.29, 1.82) is 0 Å². The molecular formula is C50H60N4O9S. The first kappa shape index (κ1) is 43.2. The van der Waals surface area contributed by atoms with Gasteiger partial charge in [0.15, 0.2) is 6.10 Å². The number of nitrogens with one attached hydrogen (secondary N) is 1. The van der Waals surface area contributed by atoms with E-state index in [1.165, 1.54) is 21.1 Å². The molecule has 3 fully saturated rings. The monoisotopic (exact) mass is 892 g/mol. The number of ether oxygens (including phenoxy) is 4. The number of H-pyrrole nitrogens is 1. The highest BCUT2D eigenvalue weighted by Crippen LogP contribution is 2.68. The maximum atomic E-state index is 15.6. The number of benzene rings is 2. The third-order valence-corrected chi connectivity index (χ3v) is 17.2. The Morgan fingerprint density at radius 3 is 2.42 bits per heavy atom. The Kier molecular flexibility index (Phi) is 10.2. The molecule has 64 heavy (non-hydrogen) atoms. The zero-order valence-corrected chi connectivity index (χ0v) is 38.7. The third kappa shape index (κ3) is 5.71. The van der Waals surface area contributed by atoms with E-state index in [0.29, 0.717) is 82.6 Å². The summed E-state index contributed by atoms with van der Waals surface area (Å²) in [6.45, 7) is 8.58. The van der Waals surface area contributed by atoms with E-state index in [1.807, 2.05) is 31.9 Å². The number of carbonyl (C=O) groups is 3. The minimum atomic E-state index is -2.31. The molecule has 1 aliphatic carbocycles. The maximum absolute atomic E-state index is 15.6. The van der Waals surface area contributed by atoms with Crippen LogP contribution in [0.4, 0.5) is 5.69 Å². The highest BCUT2D eigenvalue weighted by molar-refractivity contribution is 7.08. The van der Waals surface area contributed by atoms with E-state index >= 15 is 4.79 Å². The van der Waals surface area contributed by atoms with Crippen molar-refractivity contribution >= 4 is 45.8 Å². The van der Waals surface area contributed by atoms with E-state index in [1.54, 1.807) is 18.4 Å². The van der Waals surface area contributed by atoms with Gasteiger partial charge < -0.3 is 39.0 Å². The van der Waals surface area contributed by atoms with Crippen molar-refractivity contribution in [2.45, 2.75) is 99.5 Å². The number of rotatable bonds is 8. The molecule has 10 rings (SSSR count). The number of aliphatic hydroxyl groups is 2. The fourth-order valence-electron chi connectivity index (χ4n) is 14.2. The highest BCUT2D eigenvalue weighted by atomic mass is 32.1. The fraction of sp³-hybridized carbons (Fsp3) is 0.540. The molecule has 2 bridgehead atoms. The number of esters is 3. The first-order valence-corrected chi connectivity index (χ1v) is 23.7. The van der Waals surface area contributed by atoms with E-state index in [4.69, 9.17) is 18.9 Å². The first-order valence-electron chi connectivity index (χ1n) is 22.8. The molecule has 5 aliphatic heterocycles. The molecule has 14 heteroatoms. The van der Waals surface area contributed by atoms with Crippen LogP contribution in [0.5, 0.6) is 5.75 Å². The maximum Gasteiger partial charge on any atom is 0.344 e. The summed E-state index contributed by atoms with van der Waals surface area (Å²) < 4.78 is 24.2. The lowest BCUT2D eigenvalue weighted by Gasteiger charge is -2.63. The molecule has 0 radical (unpaired) electrons. The molecule has 2 unspecified atom stereocenters.